The van der Waals surface area contributed by atoms with Crippen LogP contribution < -0.4 is 21.7 Å². The number of nitrogens with one attached hydrogen (secondary N) is 3. The molecule has 2 bridgehead atoms. The van der Waals surface area contributed by atoms with Gasteiger partial charge in [-0.25, -0.2) is 0 Å². The molecule has 0 aromatic heterocycles. The van der Waals surface area contributed by atoms with Crippen molar-refractivity contribution in [2.45, 2.75) is 102 Å². The Labute approximate surface area is 298 Å². The number of amides is 3. The minimum Gasteiger partial charge on any atom is -0.508 e. The second-order valence-corrected chi connectivity index (χ2v) is 15.5. The van der Waals surface area contributed by atoms with Crippen molar-refractivity contribution in [2.24, 2.45) is 28.5 Å². The van der Waals surface area contributed by atoms with Crippen LogP contribution in [0.5, 0.6) is 5.75 Å². The molecule has 0 radical (unpaired) electrons. The standard InChI is InChI=1S/C40H58N6O4/c1-6-11-35(41)42-17-10-18-43-37(49)33(20-26(2)3)45-36(48)24-44-38(50)40(29-12-8-7-9-13-29)23-30(40)25-46-19-16-39(5)27(4)34(46)21-28-14-15-31(47)22-32(28)39/h7-9,12-15,22,26-27,30,33-34,47H,6,10-11,16-21,23-25H2,1-5H3,(H2,41,42)(H,43,49)(H,44,50)(H,45,48)/t27-,30-,33+,34+,39+,40+/m0/s1. The van der Waals surface area contributed by atoms with Gasteiger partial charge >= 0.3 is 0 Å². The smallest absolute Gasteiger partial charge is 0.242 e. The fourth-order valence-electron chi connectivity index (χ4n) is 8.49. The molecule has 3 aliphatic rings. The van der Waals surface area contributed by atoms with Crippen molar-refractivity contribution < 1.29 is 19.5 Å². The number of aromatic hydroxyl groups is 1. The number of piperidine rings is 1. The molecule has 6 atom stereocenters. The predicted molar refractivity (Wildman–Crippen MR) is 198 cm³/mol. The van der Waals surface area contributed by atoms with Crippen LogP contribution in [0.25, 0.3) is 0 Å². The Morgan fingerprint density at radius 2 is 1.88 bits per heavy atom. The van der Waals surface area contributed by atoms with Crippen LogP contribution in [-0.2, 0) is 31.6 Å². The van der Waals surface area contributed by atoms with E-state index in [0.29, 0.717) is 49.5 Å². The molecule has 1 saturated heterocycles. The molecule has 50 heavy (non-hydrogen) atoms. The number of hydrogen-bond donors (Lipinski definition) is 5. The van der Waals surface area contributed by atoms with Gasteiger partial charge in [0.25, 0.3) is 0 Å². The van der Waals surface area contributed by atoms with Gasteiger partial charge in [0.15, 0.2) is 0 Å². The summed E-state index contributed by atoms with van der Waals surface area (Å²) in [5.74, 6) is 0.905. The molecule has 2 fully saturated rings. The number of amidine groups is 1. The lowest BCUT2D eigenvalue weighted by atomic mass is 9.59. The van der Waals surface area contributed by atoms with Gasteiger partial charge in [-0.05, 0) is 97.1 Å². The fourth-order valence-corrected chi connectivity index (χ4v) is 8.49. The molecule has 0 unspecified atom stereocenters. The van der Waals surface area contributed by atoms with Gasteiger partial charge in [0.1, 0.15) is 11.8 Å². The van der Waals surface area contributed by atoms with Crippen molar-refractivity contribution in [1.82, 2.24) is 20.9 Å². The minimum atomic E-state index is -0.707. The number of nitrogens with two attached hydrogens (primary N) is 1. The zero-order valence-corrected chi connectivity index (χ0v) is 30.6. The van der Waals surface area contributed by atoms with Crippen molar-refractivity contribution in [3.63, 3.8) is 0 Å². The van der Waals surface area contributed by atoms with Crippen molar-refractivity contribution in [2.75, 3.05) is 32.7 Å². The number of fused-ring (bicyclic) bond motifs is 4. The van der Waals surface area contributed by atoms with Crippen LogP contribution in [0, 0.1) is 17.8 Å². The van der Waals surface area contributed by atoms with Crippen LogP contribution in [-0.4, -0.2) is 78.4 Å². The Bertz CT molecular complexity index is 1550. The summed E-state index contributed by atoms with van der Waals surface area (Å²) in [4.78, 5) is 47.2. The van der Waals surface area contributed by atoms with E-state index in [4.69, 9.17) is 5.73 Å². The maximum absolute atomic E-state index is 14.1. The highest BCUT2D eigenvalue weighted by Gasteiger charge is 2.62. The highest BCUT2D eigenvalue weighted by molar-refractivity contribution is 5.95. The maximum atomic E-state index is 14.1. The highest BCUT2D eigenvalue weighted by atomic mass is 16.3. The van der Waals surface area contributed by atoms with E-state index < -0.39 is 11.5 Å². The molecule has 3 amide bonds. The lowest BCUT2D eigenvalue weighted by Gasteiger charge is -2.55. The maximum Gasteiger partial charge on any atom is 0.242 e. The number of carbonyl (C=O) groups is 3. The van der Waals surface area contributed by atoms with Gasteiger partial charge in [0.2, 0.25) is 17.7 Å². The number of nitrogens with zero attached hydrogens (tertiary/aromatic N) is 2. The topological polar surface area (TPSA) is 149 Å². The van der Waals surface area contributed by atoms with Gasteiger partial charge in [0.05, 0.1) is 17.8 Å². The Balaban J connectivity index is 1.20. The highest BCUT2D eigenvalue weighted by Crippen LogP contribution is 2.56. The molecule has 2 aromatic carbocycles. The van der Waals surface area contributed by atoms with E-state index in [2.05, 4.69) is 52.7 Å². The van der Waals surface area contributed by atoms with Crippen molar-refractivity contribution in [3.05, 3.63) is 65.2 Å². The first kappa shape index (κ1) is 37.3. The average molecular weight is 687 g/mol. The number of hydrogen-bond acceptors (Lipinski definition) is 6. The Hall–Kier alpha value is -3.92. The van der Waals surface area contributed by atoms with Gasteiger partial charge < -0.3 is 26.8 Å². The molecule has 1 aliphatic heterocycles. The summed E-state index contributed by atoms with van der Waals surface area (Å²) in [5.41, 5.74) is 8.71. The van der Waals surface area contributed by atoms with E-state index in [1.54, 1.807) is 6.07 Å². The van der Waals surface area contributed by atoms with Gasteiger partial charge in [-0.3, -0.25) is 24.3 Å². The first-order valence-electron chi connectivity index (χ1n) is 18.6. The van der Waals surface area contributed by atoms with E-state index in [1.165, 1.54) is 11.1 Å². The van der Waals surface area contributed by atoms with Gasteiger partial charge in [0, 0.05) is 32.1 Å². The molecular weight excluding hydrogens is 628 g/mol. The van der Waals surface area contributed by atoms with E-state index in [-0.39, 0.29) is 41.5 Å². The fraction of sp³-hybridized carbons (Fsp3) is 0.600. The largest absolute Gasteiger partial charge is 0.508 e. The molecular formula is C40H58N6O4. The number of aliphatic imine (C=N–C) groups is 1. The van der Waals surface area contributed by atoms with E-state index in [0.717, 1.165) is 50.8 Å². The van der Waals surface area contributed by atoms with Crippen LogP contribution >= 0.6 is 0 Å². The zero-order valence-electron chi connectivity index (χ0n) is 30.6. The predicted octanol–water partition coefficient (Wildman–Crippen LogP) is 4.19. The summed E-state index contributed by atoms with van der Waals surface area (Å²) >= 11 is 0. The lowest BCUT2D eigenvalue weighted by Crippen LogP contribution is -2.58. The summed E-state index contributed by atoms with van der Waals surface area (Å²) in [7, 11) is 0. The van der Waals surface area contributed by atoms with E-state index in [9.17, 15) is 19.5 Å². The molecule has 0 spiro atoms. The summed E-state index contributed by atoms with van der Waals surface area (Å²) in [6.07, 6.45) is 5.49. The van der Waals surface area contributed by atoms with Gasteiger partial charge in [-0.1, -0.05) is 71.0 Å². The molecule has 2 aromatic rings. The summed E-state index contributed by atoms with van der Waals surface area (Å²) in [5, 5.41) is 19.0. The average Bonchev–Trinajstić information content (AvgIpc) is 3.81. The Morgan fingerprint density at radius 1 is 1.12 bits per heavy atom. The van der Waals surface area contributed by atoms with Gasteiger partial charge in [-0.15, -0.1) is 0 Å². The molecule has 10 heteroatoms. The first-order valence-corrected chi connectivity index (χ1v) is 18.6. The molecule has 2 aliphatic carbocycles. The van der Waals surface area contributed by atoms with Crippen LogP contribution in [0.4, 0.5) is 0 Å². The Morgan fingerprint density at radius 3 is 2.60 bits per heavy atom. The van der Waals surface area contributed by atoms with Crippen LogP contribution in [0.15, 0.2) is 53.5 Å². The Kier molecular flexibility index (Phi) is 11.9. The van der Waals surface area contributed by atoms with E-state index >= 15 is 0 Å². The van der Waals surface area contributed by atoms with Crippen LogP contribution in [0.1, 0.15) is 89.8 Å². The summed E-state index contributed by atoms with van der Waals surface area (Å²) in [6, 6.07) is 15.4. The van der Waals surface area contributed by atoms with Crippen LogP contribution in [0.3, 0.4) is 0 Å². The third kappa shape index (κ3) is 8.17. The van der Waals surface area contributed by atoms with Crippen LogP contribution in [0.2, 0.25) is 0 Å². The second-order valence-electron chi connectivity index (χ2n) is 15.5. The van der Waals surface area contributed by atoms with Gasteiger partial charge in [-0.2, -0.15) is 0 Å². The quantitative estimate of drug-likeness (QED) is 0.102. The van der Waals surface area contributed by atoms with Crippen molar-refractivity contribution in [1.29, 1.82) is 0 Å². The monoisotopic (exact) mass is 686 g/mol. The molecule has 272 valence electrons. The number of phenolic OH excluding ortho intramolecular Hbond substituents is 1. The number of carbonyl (C=O) groups excluding carboxylic acids is 3. The van der Waals surface area contributed by atoms with Crippen molar-refractivity contribution >= 4 is 23.6 Å². The molecule has 10 nitrogen and oxygen atoms in total. The summed E-state index contributed by atoms with van der Waals surface area (Å²) < 4.78 is 0. The number of rotatable bonds is 16. The third-order valence-electron chi connectivity index (χ3n) is 11.6. The lowest BCUT2D eigenvalue weighted by molar-refractivity contribution is -0.130. The molecule has 1 heterocycles. The summed E-state index contributed by atoms with van der Waals surface area (Å²) in [6.45, 7) is 13.3. The number of likely N-dealkylation sites (tertiary alicyclic amines) is 1. The molecule has 5 rings (SSSR count). The molecule has 6 N–H and O–H groups in total. The molecule has 1 saturated carbocycles. The minimum absolute atomic E-state index is 0.0000205. The number of benzene rings is 2. The van der Waals surface area contributed by atoms with Crippen molar-refractivity contribution in [3.8, 4) is 5.75 Å². The van der Waals surface area contributed by atoms with E-state index in [1.807, 2.05) is 50.2 Å². The normalized spacial score (nSPS) is 26.5. The SMILES string of the molecule is CCCC(N)=NCCCNC(=O)[C@@H](CC(C)C)NC(=O)CNC(=O)[C@@]1(c2ccccc2)C[C@H]1CN1CC[C@@]2(C)c3cc(O)ccc3C[C@@H]1[C@@H]2C. The third-order valence-corrected chi connectivity index (χ3v) is 11.6. The first-order chi connectivity index (χ1) is 23.9. The second kappa shape index (κ2) is 16.0. The number of phenols is 1. The zero-order chi connectivity index (χ0) is 36.1.